The summed E-state index contributed by atoms with van der Waals surface area (Å²) < 4.78 is 16.9. The second-order valence-electron chi connectivity index (χ2n) is 5.89. The van der Waals surface area contributed by atoms with Crippen LogP contribution in [-0.2, 0) is 13.1 Å². The van der Waals surface area contributed by atoms with Gasteiger partial charge in [-0.25, -0.2) is 3.63 Å². The zero-order valence-corrected chi connectivity index (χ0v) is 16.3. The van der Waals surface area contributed by atoms with Crippen molar-refractivity contribution in [1.82, 2.24) is 0 Å². The molecule has 2 aliphatic rings. The van der Waals surface area contributed by atoms with Gasteiger partial charge in [0.2, 0.25) is 0 Å². The van der Waals surface area contributed by atoms with Crippen molar-refractivity contribution in [2.24, 2.45) is 0 Å². The van der Waals surface area contributed by atoms with E-state index in [2.05, 4.69) is 0 Å². The number of benzene rings is 2. The highest BCUT2D eigenvalue weighted by molar-refractivity contribution is 8.08. The molecule has 0 N–H and O–H groups in total. The van der Waals surface area contributed by atoms with Gasteiger partial charge in [-0.15, -0.1) is 0 Å². The lowest BCUT2D eigenvalue weighted by molar-refractivity contribution is 0.400. The monoisotopic (exact) mass is 414 g/mol. The van der Waals surface area contributed by atoms with E-state index in [0.29, 0.717) is 0 Å². The van der Waals surface area contributed by atoms with Gasteiger partial charge in [0.15, 0.2) is 0 Å². The van der Waals surface area contributed by atoms with Crippen molar-refractivity contribution in [2.45, 2.75) is 22.7 Å². The van der Waals surface area contributed by atoms with Crippen LogP contribution < -0.4 is 0 Å². The van der Waals surface area contributed by atoms with Crippen LogP contribution in [0.2, 0.25) is 10.0 Å². The van der Waals surface area contributed by atoms with Crippen LogP contribution in [0.1, 0.15) is 21.6 Å². The summed E-state index contributed by atoms with van der Waals surface area (Å²) in [6.07, 6.45) is 0.280. The summed E-state index contributed by atoms with van der Waals surface area (Å²) >= 11 is 15.5. The highest BCUT2D eigenvalue weighted by atomic mass is 35.5. The van der Waals surface area contributed by atoms with Gasteiger partial charge in [-0.3, -0.25) is 0 Å². The maximum atomic E-state index is 6.34. The molecule has 0 spiro atoms. The number of ether oxygens (including phenoxy) is 2. The number of rotatable bonds is 8. The number of hydrogen-bond acceptors (Lipinski definition) is 5. The molecular formula is C18H16Cl2O3S2. The molecule has 4 rings (SSSR count). The molecule has 7 heteroatoms. The minimum Gasteiger partial charge on any atom is -0.371 e. The standard InChI is InChI=1S/C18H16Cl2O3S2/c19-13-7-3-1-5-11(13)17(15-9-21-15)24-23-25-18(16-10-22-16)12-6-2-4-8-14(12)20/h1-8,15-18H,9-10H2. The summed E-state index contributed by atoms with van der Waals surface area (Å²) in [6.45, 7) is 1.47. The third-order valence-electron chi connectivity index (χ3n) is 4.10. The van der Waals surface area contributed by atoms with E-state index < -0.39 is 0 Å². The van der Waals surface area contributed by atoms with Crippen LogP contribution in [0, 0.1) is 0 Å². The molecule has 4 atom stereocenters. The molecule has 4 unspecified atom stereocenters. The van der Waals surface area contributed by atoms with E-state index in [-0.39, 0.29) is 22.7 Å². The molecule has 0 amide bonds. The summed E-state index contributed by atoms with van der Waals surface area (Å²) in [5.41, 5.74) is 2.07. The lowest BCUT2D eigenvalue weighted by atomic mass is 10.1. The van der Waals surface area contributed by atoms with E-state index in [1.54, 1.807) is 0 Å². The highest BCUT2D eigenvalue weighted by Crippen LogP contribution is 2.48. The Morgan fingerprint density at radius 2 is 1.20 bits per heavy atom. The molecule has 0 saturated carbocycles. The lowest BCUT2D eigenvalue weighted by Crippen LogP contribution is -2.05. The Bertz CT molecular complexity index is 676. The first kappa shape index (κ1) is 18.0. The van der Waals surface area contributed by atoms with Crippen LogP contribution in [0.5, 0.6) is 0 Å². The van der Waals surface area contributed by atoms with Crippen molar-refractivity contribution >= 4 is 47.3 Å². The molecule has 2 aromatic carbocycles. The molecule has 2 aliphatic heterocycles. The molecule has 0 aliphatic carbocycles. The van der Waals surface area contributed by atoms with Gasteiger partial charge < -0.3 is 9.47 Å². The maximum Gasteiger partial charge on any atom is 0.0992 e. The van der Waals surface area contributed by atoms with Crippen molar-refractivity contribution in [2.75, 3.05) is 13.2 Å². The highest BCUT2D eigenvalue weighted by Gasteiger charge is 2.39. The lowest BCUT2D eigenvalue weighted by Gasteiger charge is -2.18. The van der Waals surface area contributed by atoms with Crippen molar-refractivity contribution in [3.63, 3.8) is 0 Å². The Labute approximate surface area is 165 Å². The molecular weight excluding hydrogens is 399 g/mol. The van der Waals surface area contributed by atoms with Gasteiger partial charge in [-0.2, -0.15) is 0 Å². The molecule has 2 aromatic rings. The third kappa shape index (κ3) is 4.48. The number of hydrogen-bond donors (Lipinski definition) is 0. The fourth-order valence-electron chi connectivity index (χ4n) is 2.61. The zero-order chi connectivity index (χ0) is 17.2. The fourth-order valence-corrected chi connectivity index (χ4v) is 5.28. The Morgan fingerprint density at radius 1 is 0.800 bits per heavy atom. The van der Waals surface area contributed by atoms with Crippen molar-refractivity contribution < 1.29 is 13.1 Å². The van der Waals surface area contributed by atoms with E-state index in [1.807, 2.05) is 48.5 Å². The Kier molecular flexibility index (Phi) is 5.82. The quantitative estimate of drug-likeness (QED) is 0.397. The molecule has 0 radical (unpaired) electrons. The summed E-state index contributed by atoms with van der Waals surface area (Å²) in [4.78, 5) is 0. The van der Waals surface area contributed by atoms with Gasteiger partial charge >= 0.3 is 0 Å². The SMILES string of the molecule is Clc1ccccc1C(SOSC(c1ccccc1Cl)C1CO1)C1CO1. The van der Waals surface area contributed by atoms with E-state index in [4.69, 9.17) is 36.3 Å². The van der Waals surface area contributed by atoms with Crippen LogP contribution >= 0.6 is 47.3 Å². The second kappa shape index (κ2) is 8.09. The molecule has 0 aromatic heterocycles. The van der Waals surface area contributed by atoms with E-state index in [1.165, 1.54) is 24.1 Å². The van der Waals surface area contributed by atoms with Crippen LogP contribution in [-0.4, -0.2) is 25.4 Å². The Hall–Kier alpha value is -0.400. The second-order valence-corrected chi connectivity index (χ2v) is 8.65. The smallest absolute Gasteiger partial charge is 0.0992 e. The topological polar surface area (TPSA) is 34.3 Å². The Balaban J connectivity index is 1.43. The van der Waals surface area contributed by atoms with Crippen molar-refractivity contribution in [3.8, 4) is 0 Å². The molecule has 0 bridgehead atoms. The van der Waals surface area contributed by atoms with Gasteiger partial charge in [0.05, 0.1) is 35.9 Å². The molecule has 2 saturated heterocycles. The summed E-state index contributed by atoms with van der Waals surface area (Å²) in [5, 5.41) is 1.57. The minimum absolute atomic E-state index is 0.0493. The average Bonchev–Trinajstić information content (AvgIpc) is 3.50. The zero-order valence-electron chi connectivity index (χ0n) is 13.1. The van der Waals surface area contributed by atoms with Crippen molar-refractivity contribution in [3.05, 3.63) is 69.7 Å². The average molecular weight is 415 g/mol. The van der Waals surface area contributed by atoms with Gasteiger partial charge in [-0.05, 0) is 23.3 Å². The van der Waals surface area contributed by atoms with Crippen LogP contribution in [0.15, 0.2) is 48.5 Å². The molecule has 132 valence electrons. The number of epoxide rings is 2. The summed E-state index contributed by atoms with van der Waals surface area (Å²) in [5.74, 6) is 0. The van der Waals surface area contributed by atoms with E-state index >= 15 is 0 Å². The predicted molar refractivity (Wildman–Crippen MR) is 104 cm³/mol. The van der Waals surface area contributed by atoms with Gasteiger partial charge in [0, 0.05) is 34.1 Å². The van der Waals surface area contributed by atoms with E-state index in [0.717, 1.165) is 34.4 Å². The van der Waals surface area contributed by atoms with Gasteiger partial charge in [0.25, 0.3) is 0 Å². The first-order valence-corrected chi connectivity index (χ1v) is 10.3. The van der Waals surface area contributed by atoms with Crippen LogP contribution in [0.4, 0.5) is 0 Å². The van der Waals surface area contributed by atoms with Crippen LogP contribution in [0.25, 0.3) is 0 Å². The first-order chi connectivity index (χ1) is 12.2. The van der Waals surface area contributed by atoms with Gasteiger partial charge in [0.1, 0.15) is 0 Å². The maximum absolute atomic E-state index is 6.34. The van der Waals surface area contributed by atoms with Gasteiger partial charge in [-0.1, -0.05) is 59.6 Å². The van der Waals surface area contributed by atoms with E-state index in [9.17, 15) is 0 Å². The summed E-state index contributed by atoms with van der Waals surface area (Å²) in [6, 6.07) is 15.6. The first-order valence-electron chi connectivity index (χ1n) is 7.95. The van der Waals surface area contributed by atoms with Crippen molar-refractivity contribution in [1.29, 1.82) is 0 Å². The largest absolute Gasteiger partial charge is 0.371 e. The molecule has 2 fully saturated rings. The fraction of sp³-hybridized carbons (Fsp3) is 0.333. The normalized spacial score (nSPS) is 23.9. The summed E-state index contributed by atoms with van der Waals surface area (Å²) in [7, 11) is 0. The minimum atomic E-state index is 0.0493. The third-order valence-corrected chi connectivity index (χ3v) is 6.95. The molecule has 3 nitrogen and oxygen atoms in total. The Morgan fingerprint density at radius 3 is 1.56 bits per heavy atom. The van der Waals surface area contributed by atoms with Crippen LogP contribution in [0.3, 0.4) is 0 Å². The molecule has 2 heterocycles. The predicted octanol–water partition coefficient (Wildman–Crippen LogP) is 5.89. The number of halogens is 2. The molecule has 25 heavy (non-hydrogen) atoms.